The van der Waals surface area contributed by atoms with Crippen molar-refractivity contribution in [2.24, 2.45) is 5.92 Å². The predicted molar refractivity (Wildman–Crippen MR) is 87.5 cm³/mol. The van der Waals surface area contributed by atoms with Crippen molar-refractivity contribution in [2.45, 2.75) is 32.4 Å². The largest absolute Gasteiger partial charge is 0.416 e. The number of anilines is 1. The summed E-state index contributed by atoms with van der Waals surface area (Å²) in [6, 6.07) is 3.28. The van der Waals surface area contributed by atoms with Crippen molar-refractivity contribution >= 4 is 34.0 Å². The van der Waals surface area contributed by atoms with Gasteiger partial charge in [0.2, 0.25) is 5.91 Å². The van der Waals surface area contributed by atoms with E-state index in [0.29, 0.717) is 16.4 Å². The van der Waals surface area contributed by atoms with Crippen LogP contribution in [0.3, 0.4) is 0 Å². The van der Waals surface area contributed by atoms with Gasteiger partial charge in [0.1, 0.15) is 0 Å². The lowest BCUT2D eigenvalue weighted by molar-refractivity contribution is -0.137. The first kappa shape index (κ1) is 17.2. The average Bonchev–Trinajstić information content (AvgIpc) is 3.27. The summed E-state index contributed by atoms with van der Waals surface area (Å²) in [6.45, 7) is 1.76. The Kier molecular flexibility index (Phi) is 4.57. The summed E-state index contributed by atoms with van der Waals surface area (Å²) in [6.07, 6.45) is -2.39. The third kappa shape index (κ3) is 3.89. The summed E-state index contributed by atoms with van der Waals surface area (Å²) < 4.78 is 38.5. The first-order chi connectivity index (χ1) is 11.2. The van der Waals surface area contributed by atoms with Crippen LogP contribution >= 0.6 is 22.9 Å². The Morgan fingerprint density at radius 3 is 2.75 bits per heavy atom. The van der Waals surface area contributed by atoms with E-state index in [2.05, 4.69) is 10.3 Å². The van der Waals surface area contributed by atoms with Gasteiger partial charge in [-0.15, -0.1) is 11.3 Å². The predicted octanol–water partition coefficient (Wildman–Crippen LogP) is 5.06. The first-order valence-electron chi connectivity index (χ1n) is 7.37. The average molecular weight is 375 g/mol. The van der Waals surface area contributed by atoms with E-state index in [1.54, 1.807) is 6.92 Å². The number of aryl methyl sites for hydroxylation is 1. The zero-order valence-electron chi connectivity index (χ0n) is 12.7. The Bertz CT molecular complexity index is 784. The van der Waals surface area contributed by atoms with Crippen molar-refractivity contribution < 1.29 is 18.0 Å². The molecule has 0 radical (unpaired) electrons. The summed E-state index contributed by atoms with van der Waals surface area (Å²) in [5, 5.41) is 3.51. The Hall–Kier alpha value is -1.60. The van der Waals surface area contributed by atoms with Gasteiger partial charge in [-0.25, -0.2) is 4.98 Å². The fourth-order valence-electron chi connectivity index (χ4n) is 2.26. The molecular weight excluding hydrogens is 361 g/mol. The zero-order chi connectivity index (χ0) is 17.5. The number of halogens is 4. The maximum absolute atomic E-state index is 12.8. The van der Waals surface area contributed by atoms with Gasteiger partial charge in [0.15, 0.2) is 5.13 Å². The number of benzene rings is 1. The number of nitrogens with zero attached hydrogens (tertiary/aromatic N) is 1. The molecule has 1 N–H and O–H groups in total. The molecule has 1 aliphatic carbocycles. The molecule has 2 aromatic rings. The van der Waals surface area contributed by atoms with Gasteiger partial charge >= 0.3 is 6.18 Å². The zero-order valence-corrected chi connectivity index (χ0v) is 14.3. The first-order valence-corrected chi connectivity index (χ1v) is 8.56. The standard InChI is InChI=1S/C16H14ClF3N2OS/c1-8-13(24-15(21-8)22-14(23)9-2-3-9)7-10-6-11(16(18,19)20)4-5-12(10)17/h4-6,9H,2-3,7H2,1H3,(H,21,22,23). The Morgan fingerprint density at radius 1 is 1.42 bits per heavy atom. The lowest BCUT2D eigenvalue weighted by Crippen LogP contribution is -2.12. The smallest absolute Gasteiger partial charge is 0.302 e. The minimum absolute atomic E-state index is 0.0487. The molecule has 128 valence electrons. The Balaban J connectivity index is 1.80. The monoisotopic (exact) mass is 374 g/mol. The third-order valence-electron chi connectivity index (χ3n) is 3.79. The van der Waals surface area contributed by atoms with Gasteiger partial charge in [0, 0.05) is 22.2 Å². The number of alkyl halides is 3. The van der Waals surface area contributed by atoms with Crippen LogP contribution in [0.1, 0.15) is 34.5 Å². The number of hydrogen-bond acceptors (Lipinski definition) is 3. The fraction of sp³-hybridized carbons (Fsp3) is 0.375. The number of aromatic nitrogens is 1. The second kappa shape index (κ2) is 6.37. The molecule has 0 unspecified atom stereocenters. The van der Waals surface area contributed by atoms with Gasteiger partial charge in [0.05, 0.1) is 11.3 Å². The molecule has 0 saturated heterocycles. The molecule has 1 aliphatic rings. The van der Waals surface area contributed by atoms with E-state index in [4.69, 9.17) is 11.6 Å². The van der Waals surface area contributed by atoms with Crippen molar-refractivity contribution in [3.63, 3.8) is 0 Å². The second-order valence-corrected chi connectivity index (χ2v) is 7.26. The van der Waals surface area contributed by atoms with Gasteiger partial charge in [-0.2, -0.15) is 13.2 Å². The van der Waals surface area contributed by atoms with E-state index in [9.17, 15) is 18.0 Å². The van der Waals surface area contributed by atoms with Gasteiger partial charge in [0.25, 0.3) is 0 Å². The quantitative estimate of drug-likeness (QED) is 0.812. The molecule has 3 nitrogen and oxygen atoms in total. The van der Waals surface area contributed by atoms with E-state index in [1.165, 1.54) is 17.4 Å². The van der Waals surface area contributed by atoms with E-state index < -0.39 is 11.7 Å². The number of thiazole rings is 1. The molecule has 1 amide bonds. The van der Waals surface area contributed by atoms with Crippen molar-refractivity contribution in [1.29, 1.82) is 0 Å². The van der Waals surface area contributed by atoms with Crippen LogP contribution in [0.4, 0.5) is 18.3 Å². The van der Waals surface area contributed by atoms with Crippen LogP contribution in [0.5, 0.6) is 0 Å². The van der Waals surface area contributed by atoms with E-state index >= 15 is 0 Å². The van der Waals surface area contributed by atoms with Crippen LogP contribution in [0.2, 0.25) is 5.02 Å². The highest BCUT2D eigenvalue weighted by Gasteiger charge is 2.31. The number of carbonyl (C=O) groups is 1. The number of amides is 1. The molecule has 0 bridgehead atoms. The summed E-state index contributed by atoms with van der Waals surface area (Å²) in [4.78, 5) is 16.8. The molecule has 1 fully saturated rings. The highest BCUT2D eigenvalue weighted by atomic mass is 35.5. The maximum atomic E-state index is 12.8. The van der Waals surface area contributed by atoms with Crippen LogP contribution in [0.25, 0.3) is 0 Å². The summed E-state index contributed by atoms with van der Waals surface area (Å²) in [5.41, 5.74) is 0.337. The highest BCUT2D eigenvalue weighted by Crippen LogP contribution is 2.35. The molecule has 3 rings (SSSR count). The molecule has 0 atom stereocenters. The summed E-state index contributed by atoms with van der Waals surface area (Å²) >= 11 is 7.30. The van der Waals surface area contributed by atoms with E-state index in [0.717, 1.165) is 29.9 Å². The molecule has 0 spiro atoms. The molecule has 1 saturated carbocycles. The number of nitrogens with one attached hydrogen (secondary N) is 1. The minimum Gasteiger partial charge on any atom is -0.302 e. The van der Waals surface area contributed by atoms with Crippen LogP contribution in [0.15, 0.2) is 18.2 Å². The fourth-order valence-corrected chi connectivity index (χ4v) is 3.43. The van der Waals surface area contributed by atoms with Gasteiger partial charge in [-0.1, -0.05) is 11.6 Å². The van der Waals surface area contributed by atoms with Crippen molar-refractivity contribution in [1.82, 2.24) is 4.98 Å². The lowest BCUT2D eigenvalue weighted by Gasteiger charge is -2.10. The van der Waals surface area contributed by atoms with Crippen LogP contribution in [-0.4, -0.2) is 10.9 Å². The van der Waals surface area contributed by atoms with Gasteiger partial charge in [-0.3, -0.25) is 4.79 Å². The Morgan fingerprint density at radius 2 is 2.12 bits per heavy atom. The molecule has 1 aromatic carbocycles. The number of hydrogen-bond donors (Lipinski definition) is 1. The Labute approximate surface area is 145 Å². The topological polar surface area (TPSA) is 42.0 Å². The molecule has 24 heavy (non-hydrogen) atoms. The maximum Gasteiger partial charge on any atom is 0.416 e. The molecular formula is C16H14ClF3N2OS. The van der Waals surface area contributed by atoms with E-state index in [-0.39, 0.29) is 23.3 Å². The minimum atomic E-state index is -4.41. The molecule has 1 heterocycles. The molecule has 1 aromatic heterocycles. The van der Waals surface area contributed by atoms with Crippen molar-refractivity contribution in [3.05, 3.63) is 44.9 Å². The lowest BCUT2D eigenvalue weighted by atomic mass is 10.1. The number of rotatable bonds is 4. The SMILES string of the molecule is Cc1nc(NC(=O)C2CC2)sc1Cc1cc(C(F)(F)F)ccc1Cl. The van der Waals surface area contributed by atoms with Crippen molar-refractivity contribution in [2.75, 3.05) is 5.32 Å². The molecule has 0 aliphatic heterocycles. The van der Waals surface area contributed by atoms with Crippen LogP contribution in [-0.2, 0) is 17.4 Å². The van der Waals surface area contributed by atoms with Crippen molar-refractivity contribution in [3.8, 4) is 0 Å². The second-order valence-electron chi connectivity index (χ2n) is 5.77. The van der Waals surface area contributed by atoms with Crippen LogP contribution in [0, 0.1) is 12.8 Å². The highest BCUT2D eigenvalue weighted by molar-refractivity contribution is 7.15. The number of carbonyl (C=O) groups excluding carboxylic acids is 1. The summed E-state index contributed by atoms with van der Waals surface area (Å²) in [5.74, 6) is 0.0166. The van der Waals surface area contributed by atoms with Crippen LogP contribution < -0.4 is 5.32 Å². The van der Waals surface area contributed by atoms with E-state index in [1.807, 2.05) is 0 Å². The summed E-state index contributed by atoms with van der Waals surface area (Å²) in [7, 11) is 0. The molecule has 8 heteroatoms. The normalized spacial score (nSPS) is 14.7. The van der Waals surface area contributed by atoms with Gasteiger partial charge in [-0.05, 0) is 43.5 Å². The third-order valence-corrected chi connectivity index (χ3v) is 5.24. The van der Waals surface area contributed by atoms with Gasteiger partial charge < -0.3 is 5.32 Å².